The van der Waals surface area contributed by atoms with E-state index in [9.17, 15) is 9.59 Å². The van der Waals surface area contributed by atoms with E-state index in [0.717, 1.165) is 19.5 Å². The zero-order valence-electron chi connectivity index (χ0n) is 12.1. The van der Waals surface area contributed by atoms with Crippen LogP contribution in [0.1, 0.15) is 39.5 Å². The highest BCUT2D eigenvalue weighted by Crippen LogP contribution is 2.23. The smallest absolute Gasteiger partial charge is 0.367 e. The minimum atomic E-state index is -3.96. The topological polar surface area (TPSA) is 62.2 Å². The first-order valence-corrected chi connectivity index (χ1v) is 8.67. The van der Waals surface area contributed by atoms with Gasteiger partial charge in [0.15, 0.2) is 0 Å². The number of hydrogen-bond acceptors (Lipinski definition) is 5. The average Bonchev–Trinajstić information content (AvgIpc) is 2.37. The van der Waals surface area contributed by atoms with Gasteiger partial charge >= 0.3 is 9.05 Å². The highest BCUT2D eigenvalue weighted by atomic mass is 28.4. The fraction of sp³-hybridized carbons (Fsp3) is 0.846. The van der Waals surface area contributed by atoms with E-state index in [1.165, 1.54) is 25.3 Å². The summed E-state index contributed by atoms with van der Waals surface area (Å²) in [5.74, 6) is 0. The van der Waals surface area contributed by atoms with E-state index in [-0.39, 0.29) is 12.1 Å². The largest absolute Gasteiger partial charge is 0.674 e. The predicted octanol–water partition coefficient (Wildman–Crippen LogP) is 1.28. The molecule has 1 fully saturated rings. The van der Waals surface area contributed by atoms with Crippen LogP contribution in [0.2, 0.25) is 0 Å². The lowest BCUT2D eigenvalue weighted by Gasteiger charge is -2.41. The minimum absolute atomic E-state index is 0.0172. The number of rotatable bonds is 8. The molecule has 0 atom stereocenters. The van der Waals surface area contributed by atoms with Crippen LogP contribution in [-0.2, 0) is 8.85 Å². The van der Waals surface area contributed by atoms with Gasteiger partial charge in [-0.15, -0.1) is 6.58 Å². The summed E-state index contributed by atoms with van der Waals surface area (Å²) >= 11 is 0. The van der Waals surface area contributed by atoms with Gasteiger partial charge < -0.3 is 18.4 Å². The maximum atomic E-state index is 9.54. The molecule has 1 aliphatic rings. The van der Waals surface area contributed by atoms with E-state index in [1.807, 2.05) is 0 Å². The van der Waals surface area contributed by atoms with Crippen molar-refractivity contribution in [3.05, 3.63) is 12.7 Å². The van der Waals surface area contributed by atoms with Gasteiger partial charge in [-0.1, -0.05) is 12.5 Å². The molecule has 1 aliphatic heterocycles. The van der Waals surface area contributed by atoms with Gasteiger partial charge in [0.2, 0.25) is 0 Å². The Labute approximate surface area is 117 Å². The van der Waals surface area contributed by atoms with Gasteiger partial charge in [0.25, 0.3) is 0 Å². The molecular formula is C13H27NO4Si. The summed E-state index contributed by atoms with van der Waals surface area (Å²) in [6.45, 7) is 10.4. The quantitative estimate of drug-likeness (QED) is 0.521. The minimum Gasteiger partial charge on any atom is -0.367 e. The van der Waals surface area contributed by atoms with E-state index >= 15 is 0 Å². The first-order valence-electron chi connectivity index (χ1n) is 6.96. The van der Waals surface area contributed by atoms with Gasteiger partial charge in [-0.2, -0.15) is 0 Å². The van der Waals surface area contributed by atoms with E-state index in [1.54, 1.807) is 0 Å². The van der Waals surface area contributed by atoms with Crippen molar-refractivity contribution in [1.29, 1.82) is 0 Å². The van der Waals surface area contributed by atoms with Crippen LogP contribution in [0.25, 0.3) is 0 Å². The maximum absolute atomic E-state index is 9.54. The molecule has 112 valence electrons. The Balaban J connectivity index is 2.31. The monoisotopic (exact) mass is 289 g/mol. The molecule has 0 aromatic carbocycles. The highest BCUT2D eigenvalue weighted by Gasteiger charge is 2.37. The van der Waals surface area contributed by atoms with Crippen LogP contribution in [-0.4, -0.2) is 55.4 Å². The second-order valence-electron chi connectivity index (χ2n) is 5.61. The lowest BCUT2D eigenvalue weighted by atomic mass is 9.95. The molecule has 1 rings (SSSR count). The molecule has 2 N–H and O–H groups in total. The fourth-order valence-corrected chi connectivity index (χ4v) is 3.09. The molecule has 0 aromatic rings. The zero-order valence-corrected chi connectivity index (χ0v) is 13.1. The Hall–Kier alpha value is -0.243. The molecule has 19 heavy (non-hydrogen) atoms. The van der Waals surface area contributed by atoms with E-state index in [0.29, 0.717) is 6.61 Å². The summed E-state index contributed by atoms with van der Waals surface area (Å²) in [5.41, 5.74) is 0.0172. The Morgan fingerprint density at radius 1 is 1.21 bits per heavy atom. The molecular weight excluding hydrogens is 262 g/mol. The van der Waals surface area contributed by atoms with E-state index < -0.39 is 9.05 Å². The van der Waals surface area contributed by atoms with Gasteiger partial charge in [-0.3, -0.25) is 4.90 Å². The Bertz CT molecular complexity index is 278. The number of nitrogens with zero attached hydrogens (tertiary/aromatic N) is 1. The van der Waals surface area contributed by atoms with E-state index in [4.69, 9.17) is 8.85 Å². The molecule has 0 saturated carbocycles. The predicted molar refractivity (Wildman–Crippen MR) is 76.4 cm³/mol. The van der Waals surface area contributed by atoms with Crippen LogP contribution >= 0.6 is 0 Å². The summed E-state index contributed by atoms with van der Waals surface area (Å²) in [7, 11) is -3.96. The fourth-order valence-electron chi connectivity index (χ4n) is 2.30. The molecule has 0 amide bonds. The number of likely N-dealkylation sites (tertiary alicyclic amines) is 1. The molecule has 5 nitrogen and oxygen atoms in total. The van der Waals surface area contributed by atoms with Crippen molar-refractivity contribution in [1.82, 2.24) is 4.90 Å². The first kappa shape index (κ1) is 16.8. The summed E-state index contributed by atoms with van der Waals surface area (Å²) in [6.07, 6.45) is 6.01. The third-order valence-electron chi connectivity index (χ3n) is 3.61. The van der Waals surface area contributed by atoms with Gasteiger partial charge in [-0.05, 0) is 46.2 Å². The van der Waals surface area contributed by atoms with Crippen LogP contribution < -0.4 is 0 Å². The molecule has 1 heterocycles. The third-order valence-corrected chi connectivity index (χ3v) is 4.73. The zero-order chi connectivity index (χ0) is 14.4. The molecule has 0 aromatic heterocycles. The summed E-state index contributed by atoms with van der Waals surface area (Å²) in [4.78, 5) is 21.5. The van der Waals surface area contributed by atoms with Crippen LogP contribution in [0.15, 0.2) is 12.7 Å². The van der Waals surface area contributed by atoms with Gasteiger partial charge in [0.05, 0.1) is 6.61 Å². The number of hydrogen-bond donors (Lipinski definition) is 2. The van der Waals surface area contributed by atoms with Crippen LogP contribution in [0.3, 0.4) is 0 Å². The van der Waals surface area contributed by atoms with Gasteiger partial charge in [-0.25, -0.2) is 0 Å². The van der Waals surface area contributed by atoms with Crippen molar-refractivity contribution < 1.29 is 18.4 Å². The van der Waals surface area contributed by atoms with Crippen molar-refractivity contribution in [2.75, 3.05) is 26.3 Å². The summed E-state index contributed by atoms with van der Waals surface area (Å²) in [5, 5.41) is 0. The Morgan fingerprint density at radius 3 is 2.42 bits per heavy atom. The molecule has 0 radical (unpaired) electrons. The normalized spacial score (nSPS) is 18.5. The molecule has 6 heteroatoms. The van der Waals surface area contributed by atoms with Gasteiger partial charge in [0, 0.05) is 12.1 Å². The molecule has 0 spiro atoms. The van der Waals surface area contributed by atoms with Crippen molar-refractivity contribution in [3.63, 3.8) is 0 Å². The maximum Gasteiger partial charge on any atom is 0.674 e. The lowest BCUT2D eigenvalue weighted by molar-refractivity contribution is 0.0123. The number of piperidine rings is 1. The Morgan fingerprint density at radius 2 is 1.84 bits per heavy atom. The highest BCUT2D eigenvalue weighted by molar-refractivity contribution is 6.50. The van der Waals surface area contributed by atoms with Crippen molar-refractivity contribution >= 4 is 9.05 Å². The molecule has 1 saturated heterocycles. The van der Waals surface area contributed by atoms with Crippen LogP contribution in [0.5, 0.6) is 0 Å². The average molecular weight is 289 g/mol. The van der Waals surface area contributed by atoms with Crippen molar-refractivity contribution in [3.8, 4) is 0 Å². The third kappa shape index (κ3) is 6.16. The standard InChI is InChI=1S/C13H27NO4Si/c1-4-11-17-19(15,16)18-12-8-13(2,3)14-9-6-5-7-10-14/h4,15-16H,1,5-12H2,2-3H3. The van der Waals surface area contributed by atoms with E-state index in [2.05, 4.69) is 25.3 Å². The molecule has 0 unspecified atom stereocenters. The SMILES string of the molecule is C=CCO[Si](O)(O)OCCC(C)(C)N1CCCCC1. The molecule has 0 bridgehead atoms. The lowest BCUT2D eigenvalue weighted by Crippen LogP contribution is -2.49. The summed E-state index contributed by atoms with van der Waals surface area (Å²) in [6, 6.07) is 0. The van der Waals surface area contributed by atoms with Crippen molar-refractivity contribution in [2.45, 2.75) is 45.1 Å². The van der Waals surface area contributed by atoms with Crippen LogP contribution in [0, 0.1) is 0 Å². The first-order chi connectivity index (χ1) is 8.87. The summed E-state index contributed by atoms with van der Waals surface area (Å²) < 4.78 is 9.95. The van der Waals surface area contributed by atoms with Crippen molar-refractivity contribution in [2.24, 2.45) is 0 Å². The molecule has 0 aliphatic carbocycles. The second-order valence-corrected chi connectivity index (χ2v) is 7.28. The second kappa shape index (κ2) is 7.52. The van der Waals surface area contributed by atoms with Crippen LogP contribution in [0.4, 0.5) is 0 Å². The van der Waals surface area contributed by atoms with Gasteiger partial charge in [0.1, 0.15) is 0 Å². The Kier molecular flexibility index (Phi) is 6.65.